The molecule has 1 amide bonds. The van der Waals surface area contributed by atoms with Crippen molar-refractivity contribution >= 4 is 17.5 Å². The van der Waals surface area contributed by atoms with Crippen LogP contribution in [0.3, 0.4) is 0 Å². The Balaban J connectivity index is 1.79. The topological polar surface area (TPSA) is 103 Å². The zero-order chi connectivity index (χ0) is 20.4. The van der Waals surface area contributed by atoms with Crippen LogP contribution in [0.4, 0.5) is 11.6 Å². The number of rotatable bonds is 5. The number of nitrogens with zero attached hydrogens (tertiary/aromatic N) is 4. The number of aromatic nitrogens is 4. The first-order valence-electron chi connectivity index (χ1n) is 8.93. The lowest BCUT2D eigenvalue weighted by molar-refractivity contribution is -0.113. The first kappa shape index (κ1) is 18.5. The molecule has 3 heterocycles. The Bertz CT molecular complexity index is 1080. The van der Waals surface area contributed by atoms with Crippen molar-refractivity contribution < 1.29 is 14.3 Å². The maximum absolute atomic E-state index is 13.2. The number of carbonyl (C=O) groups is 1. The highest BCUT2D eigenvalue weighted by molar-refractivity contribution is 6.05. The van der Waals surface area contributed by atoms with E-state index < -0.39 is 6.04 Å². The van der Waals surface area contributed by atoms with Gasteiger partial charge in [0.05, 0.1) is 31.7 Å². The number of pyridine rings is 1. The Morgan fingerprint density at radius 3 is 2.76 bits per heavy atom. The molecular weight excluding hydrogens is 372 g/mol. The van der Waals surface area contributed by atoms with Crippen LogP contribution in [0.25, 0.3) is 0 Å². The summed E-state index contributed by atoms with van der Waals surface area (Å²) in [7, 11) is 3.15. The standard InChI is InChI=1S/C20H20N6O3/c1-12-17(19(27)25-14-5-4-8-21-10-14)18(26-20(24-12)22-11-23-26)13-6-7-15(28-2)16(9-13)29-3/h4-11,18H,1-3H3,(H,25,27)(H,22,23,24)/t18-/m1/s1. The molecule has 0 saturated heterocycles. The number of amides is 1. The molecule has 2 N–H and O–H groups in total. The monoisotopic (exact) mass is 392 g/mol. The van der Waals surface area contributed by atoms with Crippen molar-refractivity contribution in [3.63, 3.8) is 0 Å². The summed E-state index contributed by atoms with van der Waals surface area (Å²) in [5.74, 6) is 1.46. The molecule has 0 bridgehead atoms. The minimum Gasteiger partial charge on any atom is -0.493 e. The average Bonchev–Trinajstić information content (AvgIpc) is 3.20. The number of nitrogens with one attached hydrogen (secondary N) is 2. The summed E-state index contributed by atoms with van der Waals surface area (Å²) in [4.78, 5) is 21.5. The first-order chi connectivity index (χ1) is 14.1. The molecule has 0 saturated carbocycles. The number of hydrogen-bond donors (Lipinski definition) is 2. The highest BCUT2D eigenvalue weighted by Gasteiger charge is 2.34. The Hall–Kier alpha value is -3.88. The number of carbonyl (C=O) groups excluding carboxylic acids is 1. The van der Waals surface area contributed by atoms with Crippen molar-refractivity contribution in [2.24, 2.45) is 0 Å². The molecule has 3 aromatic rings. The van der Waals surface area contributed by atoms with Crippen LogP contribution < -0.4 is 20.1 Å². The fourth-order valence-electron chi connectivity index (χ4n) is 3.35. The van der Waals surface area contributed by atoms with E-state index in [0.717, 1.165) is 5.56 Å². The van der Waals surface area contributed by atoms with Crippen LogP contribution in [0, 0.1) is 0 Å². The summed E-state index contributed by atoms with van der Waals surface area (Å²) in [5, 5.41) is 10.4. The lowest BCUT2D eigenvalue weighted by Gasteiger charge is -2.29. The van der Waals surface area contributed by atoms with Crippen LogP contribution in [0.5, 0.6) is 11.5 Å². The molecule has 0 unspecified atom stereocenters. The Labute approximate surface area is 167 Å². The quantitative estimate of drug-likeness (QED) is 0.688. The fourth-order valence-corrected chi connectivity index (χ4v) is 3.35. The van der Waals surface area contributed by atoms with Crippen molar-refractivity contribution in [2.75, 3.05) is 24.9 Å². The van der Waals surface area contributed by atoms with Crippen molar-refractivity contribution in [1.29, 1.82) is 0 Å². The lowest BCUT2D eigenvalue weighted by Crippen LogP contribution is -2.31. The number of ether oxygens (including phenoxy) is 2. The number of benzene rings is 1. The first-order valence-corrected chi connectivity index (χ1v) is 8.93. The highest BCUT2D eigenvalue weighted by atomic mass is 16.5. The number of methoxy groups -OCH3 is 2. The summed E-state index contributed by atoms with van der Waals surface area (Å²) < 4.78 is 12.5. The zero-order valence-corrected chi connectivity index (χ0v) is 16.2. The fraction of sp³-hybridized carbons (Fsp3) is 0.200. The SMILES string of the molecule is COc1ccc([C@@H]2C(C(=O)Nc3cccnc3)=C(C)Nc3ncnn32)cc1OC. The number of allylic oxidation sites excluding steroid dienone is 1. The summed E-state index contributed by atoms with van der Waals surface area (Å²) in [6.45, 7) is 1.84. The Kier molecular flexibility index (Phi) is 4.86. The Morgan fingerprint density at radius 2 is 2.03 bits per heavy atom. The molecule has 4 rings (SSSR count). The van der Waals surface area contributed by atoms with E-state index in [0.29, 0.717) is 34.4 Å². The molecule has 2 aromatic heterocycles. The van der Waals surface area contributed by atoms with Gasteiger partial charge in [0.2, 0.25) is 5.95 Å². The van der Waals surface area contributed by atoms with Gasteiger partial charge in [-0.15, -0.1) is 0 Å². The van der Waals surface area contributed by atoms with Crippen LogP contribution >= 0.6 is 0 Å². The van der Waals surface area contributed by atoms with Crippen LogP contribution in [0.1, 0.15) is 18.5 Å². The third-order valence-corrected chi connectivity index (χ3v) is 4.68. The van der Waals surface area contributed by atoms with Crippen molar-refractivity contribution in [3.8, 4) is 11.5 Å². The van der Waals surface area contributed by atoms with E-state index in [4.69, 9.17) is 9.47 Å². The molecule has 9 nitrogen and oxygen atoms in total. The highest BCUT2D eigenvalue weighted by Crippen LogP contribution is 2.38. The third-order valence-electron chi connectivity index (χ3n) is 4.68. The van der Waals surface area contributed by atoms with Gasteiger partial charge in [0.1, 0.15) is 12.4 Å². The minimum absolute atomic E-state index is 0.260. The number of hydrogen-bond acceptors (Lipinski definition) is 7. The van der Waals surface area contributed by atoms with Gasteiger partial charge in [-0.2, -0.15) is 10.1 Å². The van der Waals surface area contributed by atoms with Crippen LogP contribution in [0.2, 0.25) is 0 Å². The van der Waals surface area contributed by atoms with Gasteiger partial charge in [-0.25, -0.2) is 4.68 Å². The van der Waals surface area contributed by atoms with Crippen molar-refractivity contribution in [1.82, 2.24) is 19.7 Å². The van der Waals surface area contributed by atoms with Gasteiger partial charge in [-0.3, -0.25) is 9.78 Å². The van der Waals surface area contributed by atoms with E-state index in [1.54, 1.807) is 49.5 Å². The second-order valence-corrected chi connectivity index (χ2v) is 6.40. The lowest BCUT2D eigenvalue weighted by atomic mass is 9.94. The van der Waals surface area contributed by atoms with E-state index in [2.05, 4.69) is 25.7 Å². The predicted octanol–water partition coefficient (Wildman–Crippen LogP) is 2.62. The van der Waals surface area contributed by atoms with Crippen LogP contribution in [-0.2, 0) is 4.79 Å². The van der Waals surface area contributed by atoms with Crippen molar-refractivity contribution in [3.05, 3.63) is 65.9 Å². The molecule has 9 heteroatoms. The van der Waals surface area contributed by atoms with E-state index in [1.807, 2.05) is 19.1 Å². The largest absolute Gasteiger partial charge is 0.493 e. The molecule has 148 valence electrons. The molecular formula is C20H20N6O3. The van der Waals surface area contributed by atoms with Gasteiger partial charge in [-0.05, 0) is 36.8 Å². The van der Waals surface area contributed by atoms with E-state index in [-0.39, 0.29) is 5.91 Å². The smallest absolute Gasteiger partial charge is 0.255 e. The maximum Gasteiger partial charge on any atom is 0.255 e. The molecule has 0 fully saturated rings. The second-order valence-electron chi connectivity index (χ2n) is 6.40. The zero-order valence-electron chi connectivity index (χ0n) is 16.2. The molecule has 29 heavy (non-hydrogen) atoms. The summed E-state index contributed by atoms with van der Waals surface area (Å²) in [6.07, 6.45) is 4.69. The van der Waals surface area contributed by atoms with Gasteiger partial charge in [0.25, 0.3) is 5.91 Å². The number of fused-ring (bicyclic) bond motifs is 1. The third kappa shape index (κ3) is 3.38. The molecule has 1 aliphatic rings. The summed E-state index contributed by atoms with van der Waals surface area (Å²) in [5.41, 5.74) is 2.62. The average molecular weight is 392 g/mol. The molecule has 0 radical (unpaired) electrons. The van der Waals surface area contributed by atoms with Crippen molar-refractivity contribution in [2.45, 2.75) is 13.0 Å². The molecule has 0 spiro atoms. The summed E-state index contributed by atoms with van der Waals surface area (Å²) >= 11 is 0. The van der Waals surface area contributed by atoms with E-state index in [9.17, 15) is 4.79 Å². The van der Waals surface area contributed by atoms with Gasteiger partial charge >= 0.3 is 0 Å². The Morgan fingerprint density at radius 1 is 1.21 bits per heavy atom. The van der Waals surface area contributed by atoms with E-state index >= 15 is 0 Å². The maximum atomic E-state index is 13.2. The van der Waals surface area contributed by atoms with Crippen LogP contribution in [-0.4, -0.2) is 39.9 Å². The van der Waals surface area contributed by atoms with Gasteiger partial charge < -0.3 is 20.1 Å². The number of anilines is 2. The molecule has 1 aromatic carbocycles. The van der Waals surface area contributed by atoms with Gasteiger partial charge in [-0.1, -0.05) is 6.07 Å². The molecule has 0 aliphatic carbocycles. The second kappa shape index (κ2) is 7.63. The van der Waals surface area contributed by atoms with E-state index in [1.165, 1.54) is 6.33 Å². The summed E-state index contributed by atoms with van der Waals surface area (Å²) in [6, 6.07) is 8.57. The van der Waals surface area contributed by atoms with Crippen LogP contribution in [0.15, 0.2) is 60.3 Å². The minimum atomic E-state index is -0.495. The predicted molar refractivity (Wildman–Crippen MR) is 107 cm³/mol. The normalized spacial score (nSPS) is 15.3. The molecule has 1 atom stereocenters. The van der Waals surface area contributed by atoms with Gasteiger partial charge in [0, 0.05) is 11.9 Å². The van der Waals surface area contributed by atoms with Gasteiger partial charge in [0.15, 0.2) is 11.5 Å². The molecule has 1 aliphatic heterocycles.